The fourth-order valence-corrected chi connectivity index (χ4v) is 2.61. The van der Waals surface area contributed by atoms with E-state index in [1.165, 1.54) is 5.56 Å². The van der Waals surface area contributed by atoms with Gasteiger partial charge in [0.15, 0.2) is 0 Å². The van der Waals surface area contributed by atoms with E-state index in [-0.39, 0.29) is 24.1 Å². The van der Waals surface area contributed by atoms with Crippen LogP contribution in [0.25, 0.3) is 0 Å². The number of aliphatic hydroxyl groups excluding tert-OH is 1. The predicted octanol–water partition coefficient (Wildman–Crippen LogP) is 1.81. The van der Waals surface area contributed by atoms with Crippen LogP contribution in [0.4, 0.5) is 0 Å². The molecule has 3 heteroatoms. The second kappa shape index (κ2) is 4.49. The molecule has 17 heavy (non-hydrogen) atoms. The molecule has 1 heterocycles. The van der Waals surface area contributed by atoms with Crippen molar-refractivity contribution in [1.29, 1.82) is 0 Å². The zero-order valence-corrected chi connectivity index (χ0v) is 10.4. The van der Waals surface area contributed by atoms with Crippen molar-refractivity contribution in [1.82, 2.24) is 4.90 Å². The third-order valence-corrected chi connectivity index (χ3v) is 3.72. The molecule has 3 nitrogen and oxygen atoms in total. The van der Waals surface area contributed by atoms with E-state index >= 15 is 0 Å². The van der Waals surface area contributed by atoms with Crippen molar-refractivity contribution in [3.8, 4) is 0 Å². The minimum Gasteiger partial charge on any atom is -0.376 e. The van der Waals surface area contributed by atoms with Crippen LogP contribution >= 0.6 is 0 Å². The molecule has 0 radical (unpaired) electrons. The molecule has 1 saturated heterocycles. The van der Waals surface area contributed by atoms with Gasteiger partial charge in [0.05, 0.1) is 5.41 Å². The van der Waals surface area contributed by atoms with Crippen LogP contribution in [0.5, 0.6) is 0 Å². The Morgan fingerprint density at radius 3 is 2.53 bits per heavy atom. The highest BCUT2D eigenvalue weighted by molar-refractivity contribution is 5.89. The number of aryl methyl sites for hydroxylation is 1. The molecule has 0 aliphatic carbocycles. The number of amides is 1. The predicted molar refractivity (Wildman–Crippen MR) is 66.3 cm³/mol. The minimum atomic E-state index is -0.322. The van der Waals surface area contributed by atoms with E-state index in [2.05, 4.69) is 12.1 Å². The lowest BCUT2D eigenvalue weighted by molar-refractivity contribution is -0.176. The van der Waals surface area contributed by atoms with Crippen LogP contribution in [0.2, 0.25) is 0 Å². The highest BCUT2D eigenvalue weighted by Crippen LogP contribution is 2.40. The molecular formula is C14H19NO2. The Bertz CT molecular complexity index is 400. The fraction of sp³-hybridized carbons (Fsp3) is 0.500. The normalized spacial score (nSPS) is 22.4. The molecule has 0 saturated carbocycles. The minimum absolute atomic E-state index is 0.0538. The standard InChI is InChI=1S/C14H19NO2/c1-14(2)12(15(10-16)13(14)17)9-8-11-6-4-3-5-7-11/h3-7,12,16H,8-10H2,1-2H3/t12-/m0/s1. The van der Waals surface area contributed by atoms with Crippen molar-refractivity contribution in [2.45, 2.75) is 32.7 Å². The van der Waals surface area contributed by atoms with Gasteiger partial charge in [-0.2, -0.15) is 0 Å². The molecule has 92 valence electrons. The summed E-state index contributed by atoms with van der Waals surface area (Å²) >= 11 is 0. The van der Waals surface area contributed by atoms with Gasteiger partial charge in [-0.1, -0.05) is 30.3 Å². The number of carbonyl (C=O) groups is 1. The number of nitrogens with zero attached hydrogens (tertiary/aromatic N) is 1. The summed E-state index contributed by atoms with van der Waals surface area (Å²) in [6.45, 7) is 3.75. The molecule has 0 bridgehead atoms. The van der Waals surface area contributed by atoms with Crippen LogP contribution in [0, 0.1) is 5.41 Å². The first-order chi connectivity index (χ1) is 8.07. The van der Waals surface area contributed by atoms with Gasteiger partial charge in [-0.25, -0.2) is 0 Å². The van der Waals surface area contributed by atoms with Gasteiger partial charge >= 0.3 is 0 Å². The average molecular weight is 233 g/mol. The second-order valence-corrected chi connectivity index (χ2v) is 5.18. The van der Waals surface area contributed by atoms with Crippen LogP contribution in [0.3, 0.4) is 0 Å². The summed E-state index contributed by atoms with van der Waals surface area (Å²) in [5.74, 6) is 0.0538. The van der Waals surface area contributed by atoms with Gasteiger partial charge in [-0.05, 0) is 32.3 Å². The van der Waals surface area contributed by atoms with Crippen LogP contribution in [-0.2, 0) is 11.2 Å². The highest BCUT2D eigenvalue weighted by Gasteiger charge is 2.52. The number of carbonyl (C=O) groups excluding carboxylic acids is 1. The van der Waals surface area contributed by atoms with Crippen molar-refractivity contribution in [3.05, 3.63) is 35.9 Å². The first-order valence-corrected chi connectivity index (χ1v) is 6.03. The van der Waals surface area contributed by atoms with E-state index in [4.69, 9.17) is 5.11 Å². The van der Waals surface area contributed by atoms with Gasteiger partial charge in [0.1, 0.15) is 6.73 Å². The molecule has 0 aromatic heterocycles. The summed E-state index contributed by atoms with van der Waals surface area (Å²) in [6, 6.07) is 10.4. The Kier molecular flexibility index (Phi) is 3.20. The first-order valence-electron chi connectivity index (χ1n) is 6.03. The van der Waals surface area contributed by atoms with Gasteiger partial charge in [0, 0.05) is 6.04 Å². The van der Waals surface area contributed by atoms with Crippen LogP contribution < -0.4 is 0 Å². The smallest absolute Gasteiger partial charge is 0.232 e. The zero-order chi connectivity index (χ0) is 12.5. The molecule has 2 rings (SSSR count). The summed E-state index contributed by atoms with van der Waals surface area (Å²) in [4.78, 5) is 13.3. The van der Waals surface area contributed by atoms with Crippen LogP contribution in [-0.4, -0.2) is 28.7 Å². The lowest BCUT2D eigenvalue weighted by atomic mass is 9.72. The van der Waals surface area contributed by atoms with Crippen molar-refractivity contribution in [2.24, 2.45) is 5.41 Å². The van der Waals surface area contributed by atoms with Crippen molar-refractivity contribution in [3.63, 3.8) is 0 Å². The fourth-order valence-electron chi connectivity index (χ4n) is 2.61. The van der Waals surface area contributed by atoms with Gasteiger partial charge in [-0.15, -0.1) is 0 Å². The SMILES string of the molecule is CC1(C)C(=O)N(CO)[C@H]1CCc1ccccc1. The molecule has 1 aliphatic heterocycles. The quantitative estimate of drug-likeness (QED) is 0.806. The van der Waals surface area contributed by atoms with Crippen molar-refractivity contribution in [2.75, 3.05) is 6.73 Å². The molecule has 1 aliphatic rings. The Morgan fingerprint density at radius 1 is 1.29 bits per heavy atom. The molecule has 0 unspecified atom stereocenters. The summed E-state index contributed by atoms with van der Waals surface area (Å²) in [6.07, 6.45) is 1.85. The zero-order valence-electron chi connectivity index (χ0n) is 10.4. The van der Waals surface area contributed by atoms with Crippen LogP contribution in [0.15, 0.2) is 30.3 Å². The highest BCUT2D eigenvalue weighted by atomic mass is 16.3. The summed E-state index contributed by atoms with van der Waals surface area (Å²) < 4.78 is 0. The summed E-state index contributed by atoms with van der Waals surface area (Å²) in [5.41, 5.74) is 0.956. The molecule has 1 atom stereocenters. The van der Waals surface area contributed by atoms with E-state index in [9.17, 15) is 4.79 Å². The topological polar surface area (TPSA) is 40.5 Å². The third-order valence-electron chi connectivity index (χ3n) is 3.72. The van der Waals surface area contributed by atoms with Gasteiger partial charge in [0.25, 0.3) is 0 Å². The first kappa shape index (κ1) is 12.1. The number of β-lactam (4-membered cyclic amide) rings is 1. The van der Waals surface area contributed by atoms with E-state index in [1.807, 2.05) is 32.0 Å². The van der Waals surface area contributed by atoms with Gasteiger partial charge in [-0.3, -0.25) is 4.79 Å². The van der Waals surface area contributed by atoms with Gasteiger partial charge in [0.2, 0.25) is 5.91 Å². The number of rotatable bonds is 4. The molecule has 1 aromatic rings. The van der Waals surface area contributed by atoms with E-state index in [1.54, 1.807) is 4.90 Å². The number of likely N-dealkylation sites (tertiary alicyclic amines) is 1. The Hall–Kier alpha value is -1.35. The molecule has 1 fully saturated rings. The van der Waals surface area contributed by atoms with E-state index in [0.29, 0.717) is 0 Å². The maximum atomic E-state index is 11.7. The average Bonchev–Trinajstić information content (AvgIpc) is 2.34. The molecule has 1 aromatic carbocycles. The number of hydrogen-bond acceptors (Lipinski definition) is 2. The van der Waals surface area contributed by atoms with Crippen LogP contribution in [0.1, 0.15) is 25.8 Å². The van der Waals surface area contributed by atoms with Crippen molar-refractivity contribution < 1.29 is 9.90 Å². The van der Waals surface area contributed by atoms with E-state index in [0.717, 1.165) is 12.8 Å². The molecule has 0 spiro atoms. The third kappa shape index (κ3) is 2.07. The maximum Gasteiger partial charge on any atom is 0.232 e. The lowest BCUT2D eigenvalue weighted by Crippen LogP contribution is -2.66. The van der Waals surface area contributed by atoms with E-state index < -0.39 is 0 Å². The summed E-state index contributed by atoms with van der Waals surface area (Å²) in [7, 11) is 0. The number of hydrogen-bond donors (Lipinski definition) is 1. The molecule has 1 N–H and O–H groups in total. The molecule has 1 amide bonds. The van der Waals surface area contributed by atoms with Crippen molar-refractivity contribution >= 4 is 5.91 Å². The monoisotopic (exact) mass is 233 g/mol. The Balaban J connectivity index is 1.97. The maximum absolute atomic E-state index is 11.7. The largest absolute Gasteiger partial charge is 0.376 e. The molecular weight excluding hydrogens is 214 g/mol. The Labute approximate surface area is 102 Å². The van der Waals surface area contributed by atoms with Gasteiger partial charge < -0.3 is 10.0 Å². The Morgan fingerprint density at radius 2 is 1.94 bits per heavy atom. The summed E-state index contributed by atoms with van der Waals surface area (Å²) in [5, 5.41) is 9.16. The number of aliphatic hydroxyl groups is 1. The lowest BCUT2D eigenvalue weighted by Gasteiger charge is -2.52. The second-order valence-electron chi connectivity index (χ2n) is 5.18. The number of benzene rings is 1.